The van der Waals surface area contributed by atoms with Crippen molar-refractivity contribution in [3.63, 3.8) is 0 Å². The molecule has 0 bridgehead atoms. The minimum absolute atomic E-state index is 0.297. The predicted molar refractivity (Wildman–Crippen MR) is 144 cm³/mol. The van der Waals surface area contributed by atoms with Crippen LogP contribution >= 0.6 is 0 Å². The largest absolute Gasteiger partial charge is 0.456 e. The fourth-order valence-corrected chi connectivity index (χ4v) is 8.13. The van der Waals surface area contributed by atoms with Gasteiger partial charge in [0.05, 0.1) is 9.79 Å². The van der Waals surface area contributed by atoms with Gasteiger partial charge in [-0.3, -0.25) is 0 Å². The zero-order valence-electron chi connectivity index (χ0n) is 21.0. The molecule has 7 nitrogen and oxygen atoms in total. The Labute approximate surface area is 220 Å². The van der Waals surface area contributed by atoms with Crippen LogP contribution in [0.4, 0.5) is 0 Å². The van der Waals surface area contributed by atoms with Crippen LogP contribution in [0.5, 0.6) is 0 Å². The second kappa shape index (κ2) is 11.1. The van der Waals surface area contributed by atoms with Crippen molar-refractivity contribution in [2.75, 3.05) is 26.2 Å². The van der Waals surface area contributed by atoms with Gasteiger partial charge >= 0.3 is 0 Å². The van der Waals surface area contributed by atoms with Gasteiger partial charge in [0.2, 0.25) is 20.0 Å². The van der Waals surface area contributed by atoms with Crippen molar-refractivity contribution in [2.24, 2.45) is 0 Å². The molecule has 2 aromatic carbocycles. The van der Waals surface area contributed by atoms with Gasteiger partial charge in [-0.15, -0.1) is 0 Å². The highest BCUT2D eigenvalue weighted by Gasteiger charge is 2.26. The van der Waals surface area contributed by atoms with Crippen molar-refractivity contribution in [1.29, 1.82) is 0 Å². The first-order valence-corrected chi connectivity index (χ1v) is 16.0. The third-order valence-electron chi connectivity index (χ3n) is 7.29. The highest BCUT2D eigenvalue weighted by Crippen LogP contribution is 2.31. The summed E-state index contributed by atoms with van der Waals surface area (Å²) in [5, 5.41) is 0. The number of hydrogen-bond donors (Lipinski definition) is 0. The molecule has 2 aliphatic heterocycles. The lowest BCUT2D eigenvalue weighted by Gasteiger charge is -2.20. The smallest absolute Gasteiger partial charge is 0.243 e. The average molecular weight is 543 g/mol. The summed E-state index contributed by atoms with van der Waals surface area (Å²) >= 11 is 0. The van der Waals surface area contributed by atoms with Gasteiger partial charge in [-0.25, -0.2) is 16.8 Å². The van der Waals surface area contributed by atoms with Crippen LogP contribution in [-0.4, -0.2) is 51.6 Å². The Morgan fingerprint density at radius 1 is 0.459 bits per heavy atom. The molecule has 2 saturated heterocycles. The molecule has 0 spiro atoms. The molecular formula is C28H34N2O5S2. The molecule has 2 aliphatic rings. The predicted octanol–water partition coefficient (Wildman–Crippen LogP) is 5.74. The minimum Gasteiger partial charge on any atom is -0.456 e. The maximum Gasteiger partial charge on any atom is 0.243 e. The van der Waals surface area contributed by atoms with Crippen LogP contribution in [0.25, 0.3) is 22.6 Å². The first-order valence-electron chi connectivity index (χ1n) is 13.2. The van der Waals surface area contributed by atoms with Crippen LogP contribution in [0.15, 0.2) is 74.9 Å². The molecule has 0 unspecified atom stereocenters. The number of rotatable bonds is 6. The third-order valence-corrected chi connectivity index (χ3v) is 11.1. The van der Waals surface area contributed by atoms with Crippen LogP contribution < -0.4 is 0 Å². The van der Waals surface area contributed by atoms with Gasteiger partial charge in [0, 0.05) is 37.3 Å². The molecular weight excluding hydrogens is 508 g/mol. The summed E-state index contributed by atoms with van der Waals surface area (Å²) in [4.78, 5) is 0.595. The second-order valence-corrected chi connectivity index (χ2v) is 13.7. The molecule has 0 saturated carbocycles. The van der Waals surface area contributed by atoms with Gasteiger partial charge in [0.15, 0.2) is 0 Å². The van der Waals surface area contributed by atoms with Gasteiger partial charge in [-0.1, -0.05) is 25.7 Å². The molecule has 3 aromatic rings. The van der Waals surface area contributed by atoms with E-state index in [9.17, 15) is 16.8 Å². The van der Waals surface area contributed by atoms with Crippen molar-refractivity contribution < 1.29 is 21.3 Å². The van der Waals surface area contributed by atoms with E-state index in [1.807, 2.05) is 12.1 Å². The summed E-state index contributed by atoms with van der Waals surface area (Å²) in [6, 6.07) is 17.3. The lowest BCUT2D eigenvalue weighted by atomic mass is 10.1. The molecule has 1 aromatic heterocycles. The Bertz CT molecular complexity index is 1290. The first-order chi connectivity index (χ1) is 17.9. The van der Waals surface area contributed by atoms with Gasteiger partial charge in [0.25, 0.3) is 0 Å². The highest BCUT2D eigenvalue weighted by molar-refractivity contribution is 7.89. The first kappa shape index (κ1) is 26.2. The van der Waals surface area contributed by atoms with Crippen LogP contribution in [0.1, 0.15) is 51.4 Å². The van der Waals surface area contributed by atoms with E-state index in [0.717, 1.165) is 62.5 Å². The zero-order valence-corrected chi connectivity index (χ0v) is 22.6. The topological polar surface area (TPSA) is 87.9 Å². The zero-order chi connectivity index (χ0) is 25.9. The molecule has 9 heteroatoms. The van der Waals surface area contributed by atoms with E-state index in [-0.39, 0.29) is 0 Å². The van der Waals surface area contributed by atoms with E-state index in [1.165, 1.54) is 0 Å². The summed E-state index contributed by atoms with van der Waals surface area (Å²) in [5.74, 6) is 1.24. The van der Waals surface area contributed by atoms with Crippen molar-refractivity contribution in [1.82, 2.24) is 8.61 Å². The fraction of sp³-hybridized carbons (Fsp3) is 0.429. The summed E-state index contributed by atoms with van der Waals surface area (Å²) in [6.45, 7) is 2.29. The molecule has 5 rings (SSSR count). The number of hydrogen-bond acceptors (Lipinski definition) is 5. The number of benzene rings is 2. The normalized spacial score (nSPS) is 18.8. The molecule has 0 N–H and O–H groups in total. The fourth-order valence-electron chi connectivity index (χ4n) is 5.09. The Balaban J connectivity index is 1.31. The van der Waals surface area contributed by atoms with E-state index in [0.29, 0.717) is 47.5 Å². The van der Waals surface area contributed by atoms with Crippen molar-refractivity contribution >= 4 is 20.0 Å². The number of furan rings is 1. The van der Waals surface area contributed by atoms with Crippen LogP contribution in [0.2, 0.25) is 0 Å². The summed E-state index contributed by atoms with van der Waals surface area (Å²) in [7, 11) is -7.00. The monoisotopic (exact) mass is 542 g/mol. The van der Waals surface area contributed by atoms with Crippen molar-refractivity contribution in [2.45, 2.75) is 61.2 Å². The molecule has 3 heterocycles. The van der Waals surface area contributed by atoms with Crippen LogP contribution in [-0.2, 0) is 20.0 Å². The minimum atomic E-state index is -3.50. The summed E-state index contributed by atoms with van der Waals surface area (Å²) in [5.41, 5.74) is 1.56. The Kier molecular flexibility index (Phi) is 7.85. The second-order valence-electron chi connectivity index (χ2n) is 9.85. The van der Waals surface area contributed by atoms with Gasteiger partial charge in [0.1, 0.15) is 11.5 Å². The molecule has 37 heavy (non-hydrogen) atoms. The summed E-state index contributed by atoms with van der Waals surface area (Å²) in [6.07, 6.45) is 7.89. The molecule has 2 fully saturated rings. The maximum absolute atomic E-state index is 13.0. The van der Waals surface area contributed by atoms with Crippen molar-refractivity contribution in [3.8, 4) is 22.6 Å². The average Bonchev–Trinajstić information content (AvgIpc) is 3.08. The van der Waals surface area contributed by atoms with E-state index in [4.69, 9.17) is 4.42 Å². The summed E-state index contributed by atoms with van der Waals surface area (Å²) < 4.78 is 61.4. The Hall–Kier alpha value is -2.46. The van der Waals surface area contributed by atoms with Gasteiger partial charge in [-0.05, 0) is 86.3 Å². The van der Waals surface area contributed by atoms with Gasteiger partial charge in [-0.2, -0.15) is 8.61 Å². The van der Waals surface area contributed by atoms with Gasteiger partial charge < -0.3 is 4.42 Å². The number of sulfonamides is 2. The van der Waals surface area contributed by atoms with E-state index >= 15 is 0 Å². The molecule has 198 valence electrons. The molecule has 0 aliphatic carbocycles. The quantitative estimate of drug-likeness (QED) is 0.396. The SMILES string of the molecule is O=S(=O)(c1ccc(-c2ccc(-c3ccc(S(=O)(=O)N4CCCCCC4)cc3)o2)cc1)N1CCCCCC1. The maximum atomic E-state index is 13.0. The molecule has 0 radical (unpaired) electrons. The van der Waals surface area contributed by atoms with Crippen molar-refractivity contribution in [3.05, 3.63) is 60.7 Å². The number of nitrogens with zero attached hydrogens (tertiary/aromatic N) is 2. The Morgan fingerprint density at radius 3 is 1.11 bits per heavy atom. The van der Waals surface area contributed by atoms with Crippen LogP contribution in [0, 0.1) is 0 Å². The Morgan fingerprint density at radius 2 is 0.784 bits per heavy atom. The van der Waals surface area contributed by atoms with E-state index in [1.54, 1.807) is 57.1 Å². The van der Waals surface area contributed by atoms with E-state index in [2.05, 4.69) is 0 Å². The lowest BCUT2D eigenvalue weighted by molar-refractivity contribution is 0.423. The lowest BCUT2D eigenvalue weighted by Crippen LogP contribution is -2.31. The van der Waals surface area contributed by atoms with E-state index < -0.39 is 20.0 Å². The van der Waals surface area contributed by atoms with Crippen LogP contribution in [0.3, 0.4) is 0 Å². The highest BCUT2D eigenvalue weighted by atomic mass is 32.2. The molecule has 0 amide bonds. The standard InChI is InChI=1S/C28H34N2O5S2/c31-36(32,29-19-5-1-2-6-20-29)25-13-9-23(10-14-25)27-17-18-28(35-27)24-11-15-26(16-12-24)37(33,34)30-21-7-3-4-8-22-30/h9-18H,1-8,19-22H2. The molecule has 0 atom stereocenters. The third kappa shape index (κ3) is 5.70.